The number of anilines is 2. The zero-order valence-corrected chi connectivity index (χ0v) is 19.5. The molecule has 170 valence electrons. The number of thioether (sulfide) groups is 1. The number of nitrogens with one attached hydrogen (secondary N) is 2. The van der Waals surface area contributed by atoms with E-state index in [1.54, 1.807) is 29.8 Å². The minimum Gasteiger partial charge on any atom is -0.456 e. The molecule has 8 nitrogen and oxygen atoms in total. The van der Waals surface area contributed by atoms with E-state index in [4.69, 9.17) is 16.3 Å². The molecule has 2 N–H and O–H groups in total. The van der Waals surface area contributed by atoms with E-state index in [2.05, 4.69) is 15.7 Å². The lowest BCUT2D eigenvalue weighted by Crippen LogP contribution is -2.32. The van der Waals surface area contributed by atoms with E-state index in [0.717, 1.165) is 16.3 Å². The van der Waals surface area contributed by atoms with Crippen LogP contribution in [0.5, 0.6) is 0 Å². The van der Waals surface area contributed by atoms with Crippen molar-refractivity contribution >= 4 is 52.5 Å². The Morgan fingerprint density at radius 1 is 1.21 bits per heavy atom. The van der Waals surface area contributed by atoms with Crippen LogP contribution in [-0.2, 0) is 19.1 Å². The molecule has 2 heterocycles. The first-order valence-corrected chi connectivity index (χ1v) is 11.4. The minimum atomic E-state index is -0.650. The second-order valence-electron chi connectivity index (χ2n) is 7.44. The molecular formula is C23H21ClN4O4S. The predicted octanol–water partition coefficient (Wildman–Crippen LogP) is 4.13. The number of hydrogen-bond acceptors (Lipinski definition) is 6. The molecule has 4 rings (SSSR count). The van der Waals surface area contributed by atoms with Crippen molar-refractivity contribution in [2.75, 3.05) is 17.2 Å². The Bertz CT molecular complexity index is 1230. The van der Waals surface area contributed by atoms with Gasteiger partial charge in [0.2, 0.25) is 5.91 Å². The summed E-state index contributed by atoms with van der Waals surface area (Å²) in [5.41, 5.74) is 3.45. The molecule has 2 aromatic carbocycles. The van der Waals surface area contributed by atoms with Crippen LogP contribution in [0.4, 0.5) is 11.4 Å². The largest absolute Gasteiger partial charge is 0.456 e. The Labute approximate surface area is 199 Å². The third-order valence-corrected chi connectivity index (χ3v) is 6.54. The molecule has 0 saturated carbocycles. The summed E-state index contributed by atoms with van der Waals surface area (Å²) >= 11 is 7.21. The van der Waals surface area contributed by atoms with Gasteiger partial charge in [-0.05, 0) is 44.2 Å². The number of rotatable bonds is 6. The third kappa shape index (κ3) is 5.20. The lowest BCUT2D eigenvalue weighted by molar-refractivity contribution is -0.147. The Morgan fingerprint density at radius 2 is 1.97 bits per heavy atom. The first-order chi connectivity index (χ1) is 15.8. The van der Waals surface area contributed by atoms with E-state index in [9.17, 15) is 14.4 Å². The number of amides is 2. The quantitative estimate of drug-likeness (QED) is 0.510. The van der Waals surface area contributed by atoms with Crippen molar-refractivity contribution in [3.63, 3.8) is 0 Å². The molecule has 0 radical (unpaired) electrons. The van der Waals surface area contributed by atoms with Crippen molar-refractivity contribution < 1.29 is 19.1 Å². The molecule has 1 aromatic heterocycles. The van der Waals surface area contributed by atoms with Crippen molar-refractivity contribution in [3.8, 4) is 5.69 Å². The number of hydrogen-bond donors (Lipinski definition) is 2. The predicted molar refractivity (Wildman–Crippen MR) is 127 cm³/mol. The summed E-state index contributed by atoms with van der Waals surface area (Å²) in [6.45, 7) is 3.18. The Kier molecular flexibility index (Phi) is 6.71. The lowest BCUT2D eigenvalue weighted by atomic mass is 10.2. The van der Waals surface area contributed by atoms with Crippen molar-refractivity contribution in [1.82, 2.24) is 9.78 Å². The van der Waals surface area contributed by atoms with Crippen LogP contribution in [-0.4, -0.2) is 39.4 Å². The van der Waals surface area contributed by atoms with Crippen molar-refractivity contribution in [2.45, 2.75) is 30.4 Å². The van der Waals surface area contributed by atoms with Crippen LogP contribution in [0, 0.1) is 13.8 Å². The molecule has 1 atom stereocenters. The number of fused-ring (bicyclic) bond motifs is 1. The zero-order valence-electron chi connectivity index (χ0n) is 17.9. The molecule has 1 aliphatic rings. The number of aryl methyl sites for hydroxylation is 1. The number of carbonyl (C=O) groups excluding carboxylic acids is 3. The summed E-state index contributed by atoms with van der Waals surface area (Å²) in [6.07, 6.45) is -0.157. The van der Waals surface area contributed by atoms with Gasteiger partial charge in [0.05, 0.1) is 40.1 Å². The summed E-state index contributed by atoms with van der Waals surface area (Å²) in [7, 11) is 0. The van der Waals surface area contributed by atoms with Crippen LogP contribution in [0.3, 0.4) is 0 Å². The van der Waals surface area contributed by atoms with Gasteiger partial charge in [0.15, 0.2) is 6.61 Å². The van der Waals surface area contributed by atoms with Gasteiger partial charge in [-0.15, -0.1) is 11.8 Å². The summed E-state index contributed by atoms with van der Waals surface area (Å²) in [6, 6.07) is 14.7. The van der Waals surface area contributed by atoms with Gasteiger partial charge < -0.3 is 15.4 Å². The second kappa shape index (κ2) is 9.68. The van der Waals surface area contributed by atoms with E-state index in [1.165, 1.54) is 11.8 Å². The van der Waals surface area contributed by atoms with Crippen LogP contribution in [0.2, 0.25) is 5.02 Å². The standard InChI is InChI=1S/C23H21ClN4O4S/c1-13-22(14(2)28(27-13)16-6-4-3-5-7-16)26-20(29)12-32-21(30)11-19-23(31)25-17-10-15(24)8-9-18(17)33-19/h3-10,19H,11-12H2,1-2H3,(H,25,31)(H,26,29). The maximum absolute atomic E-state index is 12.4. The molecule has 3 aromatic rings. The number of carbonyl (C=O) groups is 3. The lowest BCUT2D eigenvalue weighted by Gasteiger charge is -2.23. The molecule has 0 bridgehead atoms. The summed E-state index contributed by atoms with van der Waals surface area (Å²) in [5, 5.41) is 9.84. The number of aromatic nitrogens is 2. The number of para-hydroxylation sites is 1. The number of benzene rings is 2. The van der Waals surface area contributed by atoms with Crippen LogP contribution >= 0.6 is 23.4 Å². The third-order valence-electron chi connectivity index (χ3n) is 5.03. The maximum Gasteiger partial charge on any atom is 0.307 e. The average Bonchev–Trinajstić information content (AvgIpc) is 3.07. The van der Waals surface area contributed by atoms with Gasteiger partial charge in [-0.25, -0.2) is 4.68 Å². The topological polar surface area (TPSA) is 102 Å². The van der Waals surface area contributed by atoms with E-state index >= 15 is 0 Å². The highest BCUT2D eigenvalue weighted by molar-refractivity contribution is 8.01. The van der Waals surface area contributed by atoms with Crippen molar-refractivity contribution in [3.05, 3.63) is 64.9 Å². The molecule has 0 spiro atoms. The van der Waals surface area contributed by atoms with E-state index < -0.39 is 23.7 Å². The molecule has 0 aliphatic carbocycles. The molecule has 0 saturated heterocycles. The van der Waals surface area contributed by atoms with Gasteiger partial charge in [0.1, 0.15) is 0 Å². The first kappa shape index (κ1) is 22.9. The Balaban J connectivity index is 1.32. The number of esters is 1. The SMILES string of the molecule is Cc1nn(-c2ccccc2)c(C)c1NC(=O)COC(=O)CC1Sc2ccc(Cl)cc2NC1=O. The zero-order chi connectivity index (χ0) is 23.5. The average molecular weight is 485 g/mol. The van der Waals surface area contributed by atoms with Crippen LogP contribution in [0.25, 0.3) is 5.69 Å². The number of ether oxygens (including phenoxy) is 1. The molecule has 1 unspecified atom stereocenters. The first-order valence-electron chi connectivity index (χ1n) is 10.2. The molecule has 1 aliphatic heterocycles. The number of nitrogens with zero attached hydrogens (tertiary/aromatic N) is 2. The normalized spacial score (nSPS) is 14.9. The van der Waals surface area contributed by atoms with Crippen LogP contribution in [0.1, 0.15) is 17.8 Å². The minimum absolute atomic E-state index is 0.157. The smallest absolute Gasteiger partial charge is 0.307 e. The van der Waals surface area contributed by atoms with Crippen LogP contribution < -0.4 is 10.6 Å². The molecule has 2 amide bonds. The highest BCUT2D eigenvalue weighted by Crippen LogP contribution is 2.38. The van der Waals surface area contributed by atoms with Crippen LogP contribution in [0.15, 0.2) is 53.4 Å². The summed E-state index contributed by atoms with van der Waals surface area (Å²) < 4.78 is 6.85. The molecule has 10 heteroatoms. The molecular weight excluding hydrogens is 464 g/mol. The van der Waals surface area contributed by atoms with Gasteiger partial charge in [0, 0.05) is 9.92 Å². The fraction of sp³-hybridized carbons (Fsp3) is 0.217. The Hall–Kier alpha value is -3.30. The maximum atomic E-state index is 12.4. The van der Waals surface area contributed by atoms with Crippen molar-refractivity contribution in [1.29, 1.82) is 0 Å². The molecule has 0 fully saturated rings. The second-order valence-corrected chi connectivity index (χ2v) is 9.12. The highest BCUT2D eigenvalue weighted by atomic mass is 35.5. The van der Waals surface area contributed by atoms with E-state index in [1.807, 2.05) is 37.3 Å². The summed E-state index contributed by atoms with van der Waals surface area (Å²) in [5.74, 6) is -1.43. The number of halogens is 1. The van der Waals surface area contributed by atoms with Gasteiger partial charge in [-0.1, -0.05) is 29.8 Å². The monoisotopic (exact) mass is 484 g/mol. The summed E-state index contributed by atoms with van der Waals surface area (Å²) in [4.78, 5) is 37.8. The molecule has 33 heavy (non-hydrogen) atoms. The van der Waals surface area contributed by atoms with Crippen molar-refractivity contribution in [2.24, 2.45) is 0 Å². The van der Waals surface area contributed by atoms with Gasteiger partial charge in [-0.2, -0.15) is 5.10 Å². The van der Waals surface area contributed by atoms with E-state index in [-0.39, 0.29) is 12.3 Å². The highest BCUT2D eigenvalue weighted by Gasteiger charge is 2.30. The Morgan fingerprint density at radius 3 is 2.73 bits per heavy atom. The van der Waals surface area contributed by atoms with Gasteiger partial charge in [0.25, 0.3) is 5.91 Å². The van der Waals surface area contributed by atoms with Gasteiger partial charge >= 0.3 is 5.97 Å². The fourth-order valence-electron chi connectivity index (χ4n) is 3.43. The fourth-order valence-corrected chi connectivity index (χ4v) is 4.68. The van der Waals surface area contributed by atoms with Gasteiger partial charge in [-0.3, -0.25) is 14.4 Å². The van der Waals surface area contributed by atoms with E-state index in [0.29, 0.717) is 22.1 Å².